The molecule has 0 unspecified atom stereocenters. The summed E-state index contributed by atoms with van der Waals surface area (Å²) in [5.74, 6) is -6.79. The van der Waals surface area contributed by atoms with Gasteiger partial charge in [-0.2, -0.15) is 5.10 Å². The van der Waals surface area contributed by atoms with Gasteiger partial charge in [-0.3, -0.25) is 64.5 Å². The Morgan fingerprint density at radius 3 is 1.73 bits per heavy atom. The Kier molecular flexibility index (Phi) is 15.5. The van der Waals surface area contributed by atoms with Crippen molar-refractivity contribution in [3.05, 3.63) is 24.3 Å². The monoisotopic (exact) mass is 625 g/mol. The third-order valence-electron chi connectivity index (χ3n) is 4.93. The number of aromatic nitrogens is 2. The van der Waals surface area contributed by atoms with E-state index in [0.717, 1.165) is 6.92 Å². The predicted octanol–water partition coefficient (Wildman–Crippen LogP) is -3.52. The summed E-state index contributed by atoms with van der Waals surface area (Å²) in [7, 11) is 0. The fourth-order valence-corrected chi connectivity index (χ4v) is 2.57. The number of amides is 9. The number of carbonyl (C=O) groups excluding carboxylic acids is 8. The van der Waals surface area contributed by atoms with Crippen LogP contribution >= 0.6 is 0 Å². The summed E-state index contributed by atoms with van der Waals surface area (Å²) >= 11 is 0. The number of nitrogens with one attached hydrogen (secondary N) is 5. The van der Waals surface area contributed by atoms with Crippen LogP contribution in [0.15, 0.2) is 23.7 Å². The van der Waals surface area contributed by atoms with Gasteiger partial charge >= 0.3 is 6.03 Å². The molecule has 1 aromatic heterocycles. The minimum Gasteiger partial charge on any atom is -0.336 e. The van der Waals surface area contributed by atoms with Crippen molar-refractivity contribution in [1.29, 1.82) is 0 Å². The van der Waals surface area contributed by atoms with Crippen molar-refractivity contribution in [2.75, 3.05) is 20.0 Å². The Hall–Kier alpha value is -5.61. The van der Waals surface area contributed by atoms with Crippen LogP contribution in [0.3, 0.4) is 0 Å². The Balaban J connectivity index is 2.28. The van der Waals surface area contributed by atoms with Crippen LogP contribution in [0.2, 0.25) is 0 Å². The summed E-state index contributed by atoms with van der Waals surface area (Å²) in [4.78, 5) is 101. The zero-order valence-electron chi connectivity index (χ0n) is 23.5. The van der Waals surface area contributed by atoms with Crippen LogP contribution in [-0.4, -0.2) is 114 Å². The Morgan fingerprint density at radius 2 is 1.23 bits per heavy atom. The van der Waals surface area contributed by atoms with Crippen LogP contribution in [-0.2, 0) is 33.6 Å². The van der Waals surface area contributed by atoms with E-state index in [2.05, 4.69) is 25.8 Å². The van der Waals surface area contributed by atoms with Crippen molar-refractivity contribution in [2.45, 2.75) is 39.5 Å². The van der Waals surface area contributed by atoms with Crippen LogP contribution < -0.4 is 26.7 Å². The van der Waals surface area contributed by atoms with Crippen LogP contribution in [0.5, 0.6) is 0 Å². The van der Waals surface area contributed by atoms with Gasteiger partial charge in [-0.15, -0.1) is 0 Å². The third-order valence-corrected chi connectivity index (χ3v) is 4.93. The molecule has 0 fully saturated rings. The topological polar surface area (TPSA) is 305 Å². The van der Waals surface area contributed by atoms with Gasteiger partial charge in [0.2, 0.25) is 29.5 Å². The Bertz CT molecular complexity index is 1260. The van der Waals surface area contributed by atoms with Crippen molar-refractivity contribution >= 4 is 53.1 Å². The molecule has 9 amide bonds. The maximum atomic E-state index is 11.9. The fourth-order valence-electron chi connectivity index (χ4n) is 2.57. The Labute approximate surface area is 248 Å². The highest BCUT2D eigenvalue weighted by Gasteiger charge is 2.20. The van der Waals surface area contributed by atoms with Gasteiger partial charge in [0.05, 0.1) is 11.9 Å². The summed E-state index contributed by atoms with van der Waals surface area (Å²) in [6.45, 7) is 0.346. The predicted molar refractivity (Wildman–Crippen MR) is 140 cm³/mol. The zero-order chi connectivity index (χ0) is 33.2. The van der Waals surface area contributed by atoms with Gasteiger partial charge in [0.1, 0.15) is 38.5 Å². The first kappa shape index (κ1) is 36.4. The summed E-state index contributed by atoms with van der Waals surface area (Å²) in [5, 5.41) is 40.4. The summed E-state index contributed by atoms with van der Waals surface area (Å²) < 4.78 is 0. The van der Waals surface area contributed by atoms with E-state index in [1.54, 1.807) is 6.92 Å². The number of hydrogen-bond donors (Lipinski definition) is 8. The van der Waals surface area contributed by atoms with E-state index in [9.17, 15) is 48.8 Å². The number of hydrogen-bond acceptors (Lipinski definition) is 14. The van der Waals surface area contributed by atoms with E-state index in [1.807, 2.05) is 16.0 Å². The number of nitrogens with zero attached hydrogens (tertiary/aromatic N) is 6. The zero-order valence-corrected chi connectivity index (χ0v) is 23.5. The molecule has 0 bridgehead atoms. The lowest BCUT2D eigenvalue weighted by Gasteiger charge is -2.18. The molecule has 1 rings (SSSR count). The first-order valence-corrected chi connectivity index (χ1v) is 12.4. The van der Waals surface area contributed by atoms with Crippen molar-refractivity contribution in [3.8, 4) is 0 Å². The number of hydroxylamine groups is 6. The van der Waals surface area contributed by atoms with Gasteiger partial charge in [-0.1, -0.05) is 0 Å². The first-order valence-electron chi connectivity index (χ1n) is 12.4. The van der Waals surface area contributed by atoms with Gasteiger partial charge < -0.3 is 16.0 Å². The minimum atomic E-state index is -1.19. The molecule has 1 aromatic rings. The second-order valence-corrected chi connectivity index (χ2v) is 8.41. The first-order chi connectivity index (χ1) is 20.7. The minimum absolute atomic E-state index is 0.0137. The highest BCUT2D eigenvalue weighted by Crippen LogP contribution is 1.95. The molecule has 1 heterocycles. The van der Waals surface area contributed by atoms with Gasteiger partial charge in [0, 0.05) is 32.2 Å². The molecule has 0 spiro atoms. The van der Waals surface area contributed by atoms with Gasteiger partial charge in [-0.05, 0) is 6.92 Å². The lowest BCUT2D eigenvalue weighted by molar-refractivity contribution is -0.171. The van der Waals surface area contributed by atoms with Gasteiger partial charge in [-0.25, -0.2) is 25.4 Å². The standard InChI is InChI=1S/C22H31N11O11/c1-13(15-9-23-5-6-24-15)29-30-22(41)28-17(36)4-3-16(35)25-11-32(43)20(39)8-19(38)27-12-33(44)21(40)7-18(37)26-10-31(42)14(2)34/h5-6,9,42-44H,3-4,7-8,10-12H2,1-2H3,(H,25,35)(H,26,37)(H,27,38)(H2,28,30,36,41)/b29-13+. The van der Waals surface area contributed by atoms with Gasteiger partial charge in [0.15, 0.2) is 0 Å². The second-order valence-electron chi connectivity index (χ2n) is 8.41. The molecule has 0 aliphatic carbocycles. The van der Waals surface area contributed by atoms with Crippen LogP contribution in [0.4, 0.5) is 4.79 Å². The van der Waals surface area contributed by atoms with Crippen molar-refractivity contribution in [1.82, 2.24) is 51.9 Å². The van der Waals surface area contributed by atoms with E-state index >= 15 is 0 Å². The smallest absolute Gasteiger partial charge is 0.336 e. The maximum absolute atomic E-state index is 11.9. The van der Waals surface area contributed by atoms with Crippen LogP contribution in [0.25, 0.3) is 0 Å². The average molecular weight is 626 g/mol. The average Bonchev–Trinajstić information content (AvgIpc) is 2.99. The molecular formula is C22H31N11O11. The molecule has 22 heteroatoms. The largest absolute Gasteiger partial charge is 0.341 e. The Morgan fingerprint density at radius 1 is 0.727 bits per heavy atom. The van der Waals surface area contributed by atoms with Crippen molar-refractivity contribution in [2.24, 2.45) is 5.10 Å². The highest BCUT2D eigenvalue weighted by atomic mass is 16.5. The molecule has 0 aliphatic rings. The van der Waals surface area contributed by atoms with E-state index < -0.39 is 93.1 Å². The van der Waals surface area contributed by atoms with E-state index in [0.29, 0.717) is 11.4 Å². The number of urea groups is 1. The van der Waals surface area contributed by atoms with E-state index in [1.165, 1.54) is 18.6 Å². The fraction of sp³-hybridized carbons (Fsp3) is 0.409. The maximum Gasteiger partial charge on any atom is 0.341 e. The number of carbonyl (C=O) groups is 8. The van der Waals surface area contributed by atoms with Crippen LogP contribution in [0.1, 0.15) is 45.2 Å². The number of hydrazone groups is 1. The molecule has 0 saturated carbocycles. The molecule has 0 aromatic carbocycles. The van der Waals surface area contributed by atoms with Crippen LogP contribution in [0, 0.1) is 0 Å². The van der Waals surface area contributed by atoms with Gasteiger partial charge in [0.25, 0.3) is 11.8 Å². The lowest BCUT2D eigenvalue weighted by atomic mass is 10.3. The number of rotatable bonds is 15. The molecule has 0 radical (unpaired) electrons. The van der Waals surface area contributed by atoms with E-state index in [-0.39, 0.29) is 15.2 Å². The highest BCUT2D eigenvalue weighted by molar-refractivity contribution is 5.99. The molecule has 44 heavy (non-hydrogen) atoms. The summed E-state index contributed by atoms with van der Waals surface area (Å²) in [5.41, 5.74) is 2.78. The summed E-state index contributed by atoms with van der Waals surface area (Å²) in [6, 6.07) is -0.969. The second kappa shape index (κ2) is 18.7. The molecule has 22 nitrogen and oxygen atoms in total. The quantitative estimate of drug-likeness (QED) is 0.0309. The molecule has 240 valence electrons. The molecule has 0 atom stereocenters. The third kappa shape index (κ3) is 14.9. The number of imide groups is 1. The van der Waals surface area contributed by atoms with E-state index in [4.69, 9.17) is 5.21 Å². The lowest BCUT2D eigenvalue weighted by Crippen LogP contribution is -2.44. The normalized spacial score (nSPS) is 10.5. The molecule has 8 N–H and O–H groups in total. The molecular weight excluding hydrogens is 594 g/mol. The van der Waals surface area contributed by atoms with Crippen molar-refractivity contribution in [3.63, 3.8) is 0 Å². The molecule has 0 saturated heterocycles. The SMILES string of the molecule is CC(=O)N(O)CNC(=O)CC(=O)N(O)CNC(=O)CC(=O)N(O)CNC(=O)CCC(=O)NC(=O)N/N=C(\C)c1cnccn1. The van der Waals surface area contributed by atoms with Crippen molar-refractivity contribution < 1.29 is 54.0 Å². The summed E-state index contributed by atoms with van der Waals surface area (Å²) in [6.07, 6.45) is 1.53. The molecule has 0 aliphatic heterocycles.